The highest BCUT2D eigenvalue weighted by molar-refractivity contribution is 5.78. The number of morpholine rings is 1. The van der Waals surface area contributed by atoms with Crippen LogP contribution in [0, 0.1) is 5.82 Å². The summed E-state index contributed by atoms with van der Waals surface area (Å²) < 4.78 is 24.3. The number of nitrogens with zero attached hydrogens (tertiary/aromatic N) is 3. The zero-order chi connectivity index (χ0) is 19.8. The molecule has 2 saturated heterocycles. The second kappa shape index (κ2) is 10.8. The van der Waals surface area contributed by atoms with Gasteiger partial charge in [0.05, 0.1) is 39.1 Å². The minimum absolute atomic E-state index is 0.154. The van der Waals surface area contributed by atoms with Crippen molar-refractivity contribution in [3.63, 3.8) is 0 Å². The Bertz CT molecular complexity index is 619. The Morgan fingerprint density at radius 2 is 1.79 bits per heavy atom. The predicted octanol–water partition coefficient (Wildman–Crippen LogP) is 0.180. The number of hydrogen-bond acceptors (Lipinski definition) is 6. The van der Waals surface area contributed by atoms with Crippen molar-refractivity contribution in [1.29, 1.82) is 0 Å². The number of halogens is 1. The van der Waals surface area contributed by atoms with Gasteiger partial charge in [-0.05, 0) is 6.07 Å². The van der Waals surface area contributed by atoms with Gasteiger partial charge in [-0.3, -0.25) is 14.6 Å². The van der Waals surface area contributed by atoms with Crippen LogP contribution in [0.25, 0.3) is 0 Å². The number of hydrogen-bond donors (Lipinski definition) is 1. The highest BCUT2D eigenvalue weighted by Crippen LogP contribution is 2.09. The molecule has 3 rings (SSSR count). The molecule has 7 nitrogen and oxygen atoms in total. The fourth-order valence-corrected chi connectivity index (χ4v) is 3.51. The Labute approximate surface area is 165 Å². The lowest BCUT2D eigenvalue weighted by Crippen LogP contribution is -2.52. The first-order valence-electron chi connectivity index (χ1n) is 9.91. The first-order valence-corrected chi connectivity index (χ1v) is 9.91. The predicted molar refractivity (Wildman–Crippen MR) is 102 cm³/mol. The lowest BCUT2D eigenvalue weighted by atomic mass is 10.2. The molecule has 2 aliphatic rings. The summed E-state index contributed by atoms with van der Waals surface area (Å²) in [6.07, 6.45) is -0.617. The molecular weight excluding hydrogens is 365 g/mol. The molecule has 1 amide bonds. The number of carbonyl (C=O) groups is 1. The van der Waals surface area contributed by atoms with Crippen molar-refractivity contribution in [3.05, 3.63) is 35.6 Å². The molecule has 1 aromatic carbocycles. The third-order valence-electron chi connectivity index (χ3n) is 5.18. The summed E-state index contributed by atoms with van der Waals surface area (Å²) in [5.41, 5.74) is 0.494. The maximum Gasteiger partial charge on any atom is 0.236 e. The molecule has 0 saturated carbocycles. The molecule has 28 heavy (non-hydrogen) atoms. The van der Waals surface area contributed by atoms with E-state index in [1.54, 1.807) is 18.2 Å². The minimum atomic E-state index is -0.617. The van der Waals surface area contributed by atoms with Gasteiger partial charge in [0.25, 0.3) is 0 Å². The molecule has 156 valence electrons. The molecule has 1 N–H and O–H groups in total. The van der Waals surface area contributed by atoms with E-state index in [1.807, 2.05) is 4.90 Å². The van der Waals surface area contributed by atoms with Crippen LogP contribution < -0.4 is 0 Å². The lowest BCUT2D eigenvalue weighted by Gasteiger charge is -2.36. The van der Waals surface area contributed by atoms with E-state index in [2.05, 4.69) is 9.80 Å². The molecule has 1 unspecified atom stereocenters. The van der Waals surface area contributed by atoms with Crippen molar-refractivity contribution >= 4 is 5.91 Å². The number of benzene rings is 1. The first-order chi connectivity index (χ1) is 13.6. The molecule has 1 atom stereocenters. The monoisotopic (exact) mass is 395 g/mol. The van der Waals surface area contributed by atoms with E-state index in [0.717, 1.165) is 26.2 Å². The third-order valence-corrected chi connectivity index (χ3v) is 5.18. The smallest absolute Gasteiger partial charge is 0.236 e. The Kier molecular flexibility index (Phi) is 8.17. The van der Waals surface area contributed by atoms with Crippen molar-refractivity contribution in [2.24, 2.45) is 0 Å². The van der Waals surface area contributed by atoms with E-state index in [-0.39, 0.29) is 24.9 Å². The Hall–Kier alpha value is -1.58. The van der Waals surface area contributed by atoms with Crippen LogP contribution in [0.5, 0.6) is 0 Å². The lowest BCUT2D eigenvalue weighted by molar-refractivity contribution is -0.137. The zero-order valence-corrected chi connectivity index (χ0v) is 16.3. The van der Waals surface area contributed by atoms with Gasteiger partial charge >= 0.3 is 0 Å². The van der Waals surface area contributed by atoms with E-state index in [0.29, 0.717) is 45.0 Å². The van der Waals surface area contributed by atoms with Crippen molar-refractivity contribution < 1.29 is 23.8 Å². The fourth-order valence-electron chi connectivity index (χ4n) is 3.51. The van der Waals surface area contributed by atoms with Gasteiger partial charge in [-0.2, -0.15) is 0 Å². The van der Waals surface area contributed by atoms with Gasteiger partial charge in [0.15, 0.2) is 0 Å². The molecule has 2 heterocycles. The summed E-state index contributed by atoms with van der Waals surface area (Å²) in [6, 6.07) is 6.49. The highest BCUT2D eigenvalue weighted by Gasteiger charge is 2.23. The SMILES string of the molecule is O=C(CN1CCN(CC(O)COCc2ccccc2F)CC1)N1CCOCC1. The Morgan fingerprint density at radius 3 is 2.50 bits per heavy atom. The van der Waals surface area contributed by atoms with Crippen LogP contribution >= 0.6 is 0 Å². The average molecular weight is 395 g/mol. The zero-order valence-electron chi connectivity index (χ0n) is 16.3. The van der Waals surface area contributed by atoms with E-state index in [9.17, 15) is 14.3 Å². The molecule has 2 aliphatic heterocycles. The number of aliphatic hydroxyl groups excluding tert-OH is 1. The summed E-state index contributed by atoms with van der Waals surface area (Å²) in [5, 5.41) is 10.2. The molecule has 2 fully saturated rings. The number of rotatable bonds is 8. The van der Waals surface area contributed by atoms with E-state index in [1.165, 1.54) is 6.07 Å². The summed E-state index contributed by atoms with van der Waals surface area (Å²) >= 11 is 0. The van der Waals surface area contributed by atoms with E-state index >= 15 is 0 Å². The number of amides is 1. The summed E-state index contributed by atoms with van der Waals surface area (Å²) in [4.78, 5) is 18.5. The van der Waals surface area contributed by atoms with Gasteiger partial charge in [-0.25, -0.2) is 4.39 Å². The Morgan fingerprint density at radius 1 is 1.11 bits per heavy atom. The first kappa shape index (κ1) is 21.1. The van der Waals surface area contributed by atoms with Crippen LogP contribution in [0.4, 0.5) is 4.39 Å². The average Bonchev–Trinajstić information content (AvgIpc) is 2.71. The van der Waals surface area contributed by atoms with Crippen LogP contribution in [0.15, 0.2) is 24.3 Å². The summed E-state index contributed by atoms with van der Waals surface area (Å²) in [6.45, 7) is 7.11. The highest BCUT2D eigenvalue weighted by atomic mass is 19.1. The van der Waals surface area contributed by atoms with Crippen LogP contribution in [0.3, 0.4) is 0 Å². The van der Waals surface area contributed by atoms with Gasteiger partial charge in [0, 0.05) is 51.4 Å². The largest absolute Gasteiger partial charge is 0.389 e. The number of β-amino-alcohol motifs (C(OH)–C–C–N with tert-alkyl or cyclic N) is 1. The number of carbonyl (C=O) groups excluding carboxylic acids is 1. The minimum Gasteiger partial charge on any atom is -0.389 e. The van der Waals surface area contributed by atoms with Crippen LogP contribution in [-0.2, 0) is 20.9 Å². The second-order valence-electron chi connectivity index (χ2n) is 7.33. The topological polar surface area (TPSA) is 65.5 Å². The van der Waals surface area contributed by atoms with Gasteiger partial charge in [0.1, 0.15) is 5.82 Å². The second-order valence-corrected chi connectivity index (χ2v) is 7.33. The molecule has 0 aromatic heterocycles. The van der Waals surface area contributed by atoms with Crippen LogP contribution in [0.2, 0.25) is 0 Å². The van der Waals surface area contributed by atoms with Crippen molar-refractivity contribution in [2.45, 2.75) is 12.7 Å². The normalized spacial score (nSPS) is 20.3. The number of aliphatic hydroxyl groups is 1. The molecule has 0 radical (unpaired) electrons. The summed E-state index contributed by atoms with van der Waals surface area (Å²) in [5.74, 6) is -0.127. The molecule has 0 spiro atoms. The van der Waals surface area contributed by atoms with Gasteiger partial charge in [0.2, 0.25) is 5.91 Å². The van der Waals surface area contributed by atoms with E-state index < -0.39 is 6.10 Å². The van der Waals surface area contributed by atoms with Crippen LogP contribution in [-0.4, -0.2) is 104 Å². The third kappa shape index (κ3) is 6.49. The number of ether oxygens (including phenoxy) is 2. The fraction of sp³-hybridized carbons (Fsp3) is 0.650. The van der Waals surface area contributed by atoms with Crippen molar-refractivity contribution in [2.75, 3.05) is 72.2 Å². The maximum atomic E-state index is 13.5. The Balaban J connectivity index is 1.30. The molecular formula is C20H30FN3O4. The standard InChI is InChI=1S/C20H30FN3O4/c21-19-4-2-1-3-17(19)15-28-16-18(25)13-22-5-7-23(8-6-22)14-20(26)24-9-11-27-12-10-24/h1-4,18,25H,5-16H2. The van der Waals surface area contributed by atoms with Gasteiger partial charge in [-0.1, -0.05) is 18.2 Å². The quantitative estimate of drug-likeness (QED) is 0.678. The van der Waals surface area contributed by atoms with Crippen molar-refractivity contribution in [1.82, 2.24) is 14.7 Å². The van der Waals surface area contributed by atoms with Gasteiger partial charge < -0.3 is 19.5 Å². The molecule has 0 bridgehead atoms. The summed E-state index contributed by atoms with van der Waals surface area (Å²) in [7, 11) is 0. The maximum absolute atomic E-state index is 13.5. The molecule has 8 heteroatoms. The molecule has 1 aromatic rings. The van der Waals surface area contributed by atoms with Gasteiger partial charge in [-0.15, -0.1) is 0 Å². The van der Waals surface area contributed by atoms with Crippen LogP contribution in [0.1, 0.15) is 5.56 Å². The molecule has 0 aliphatic carbocycles. The number of piperazine rings is 1. The van der Waals surface area contributed by atoms with Crippen molar-refractivity contribution in [3.8, 4) is 0 Å². The van der Waals surface area contributed by atoms with E-state index in [4.69, 9.17) is 9.47 Å².